The number of nitro groups is 1. The summed E-state index contributed by atoms with van der Waals surface area (Å²) in [5.41, 5.74) is 0.648. The number of rotatable bonds is 5. The van der Waals surface area contributed by atoms with Gasteiger partial charge in [0, 0.05) is 30.2 Å². The predicted octanol–water partition coefficient (Wildman–Crippen LogP) is 2.76. The molecular weight excluding hydrogens is 272 g/mol. The average Bonchev–Trinajstić information content (AvgIpc) is 2.47. The molecule has 21 heavy (non-hydrogen) atoms. The minimum Gasteiger partial charge on any atom is -0.396 e. The van der Waals surface area contributed by atoms with Gasteiger partial charge in [0.25, 0.3) is 5.69 Å². The minimum atomic E-state index is -0.481. The van der Waals surface area contributed by atoms with Crippen LogP contribution in [0.1, 0.15) is 43.0 Å². The van der Waals surface area contributed by atoms with E-state index < -0.39 is 4.92 Å². The van der Waals surface area contributed by atoms with Crippen molar-refractivity contribution >= 4 is 17.2 Å². The van der Waals surface area contributed by atoms with Crippen molar-refractivity contribution in [1.29, 1.82) is 0 Å². The van der Waals surface area contributed by atoms with Crippen LogP contribution in [0.2, 0.25) is 0 Å². The average molecular weight is 292 g/mol. The van der Waals surface area contributed by atoms with Crippen molar-refractivity contribution < 1.29 is 14.8 Å². The van der Waals surface area contributed by atoms with E-state index in [1.807, 2.05) is 0 Å². The van der Waals surface area contributed by atoms with E-state index in [1.165, 1.54) is 13.0 Å². The molecule has 1 aromatic carbocycles. The van der Waals surface area contributed by atoms with Gasteiger partial charge in [-0.1, -0.05) is 12.8 Å². The molecule has 0 bridgehead atoms. The van der Waals surface area contributed by atoms with Gasteiger partial charge >= 0.3 is 0 Å². The third kappa shape index (κ3) is 3.58. The van der Waals surface area contributed by atoms with Crippen molar-refractivity contribution in [2.75, 3.05) is 11.9 Å². The summed E-state index contributed by atoms with van der Waals surface area (Å²) >= 11 is 0. The van der Waals surface area contributed by atoms with Gasteiger partial charge < -0.3 is 10.4 Å². The molecule has 114 valence electrons. The van der Waals surface area contributed by atoms with E-state index in [-0.39, 0.29) is 30.0 Å². The number of aliphatic hydroxyl groups is 1. The first-order valence-corrected chi connectivity index (χ1v) is 7.19. The second kappa shape index (κ2) is 6.67. The van der Waals surface area contributed by atoms with E-state index in [9.17, 15) is 20.0 Å². The number of nitrogens with one attached hydrogen (secondary N) is 1. The van der Waals surface area contributed by atoms with Crippen molar-refractivity contribution in [1.82, 2.24) is 0 Å². The second-order valence-electron chi connectivity index (χ2n) is 5.52. The highest BCUT2D eigenvalue weighted by molar-refractivity contribution is 5.95. The first-order valence-electron chi connectivity index (χ1n) is 7.19. The maximum atomic E-state index is 11.3. The minimum absolute atomic E-state index is 0.0330. The van der Waals surface area contributed by atoms with Crippen molar-refractivity contribution in [2.24, 2.45) is 5.92 Å². The van der Waals surface area contributed by atoms with E-state index in [1.54, 1.807) is 12.1 Å². The van der Waals surface area contributed by atoms with Gasteiger partial charge in [0.05, 0.1) is 4.92 Å². The van der Waals surface area contributed by atoms with Gasteiger partial charge in [-0.25, -0.2) is 0 Å². The number of Topliss-reactive ketones (excluding diaryl/α,β-unsaturated/α-hetero) is 1. The van der Waals surface area contributed by atoms with Crippen LogP contribution in [0, 0.1) is 16.0 Å². The van der Waals surface area contributed by atoms with Crippen LogP contribution in [0.4, 0.5) is 11.4 Å². The summed E-state index contributed by atoms with van der Waals surface area (Å²) in [5.74, 6) is -0.0820. The van der Waals surface area contributed by atoms with Crippen molar-refractivity contribution in [3.05, 3.63) is 33.9 Å². The lowest BCUT2D eigenvalue weighted by molar-refractivity contribution is -0.384. The lowest BCUT2D eigenvalue weighted by atomic mass is 9.85. The van der Waals surface area contributed by atoms with Gasteiger partial charge in [0.1, 0.15) is 5.69 Å². The smallest absolute Gasteiger partial charge is 0.293 e. The van der Waals surface area contributed by atoms with Crippen LogP contribution in [-0.4, -0.2) is 28.5 Å². The summed E-state index contributed by atoms with van der Waals surface area (Å²) in [4.78, 5) is 22.1. The van der Waals surface area contributed by atoms with E-state index in [2.05, 4.69) is 5.32 Å². The van der Waals surface area contributed by atoms with Crippen molar-refractivity contribution in [3.8, 4) is 0 Å². The van der Waals surface area contributed by atoms with Crippen LogP contribution in [0.15, 0.2) is 18.2 Å². The maximum Gasteiger partial charge on any atom is 0.293 e. The molecule has 0 spiro atoms. The monoisotopic (exact) mass is 292 g/mol. The molecule has 0 unspecified atom stereocenters. The number of nitro benzene ring substituents is 1. The molecule has 0 saturated heterocycles. The maximum absolute atomic E-state index is 11.3. The molecule has 0 amide bonds. The summed E-state index contributed by atoms with van der Waals surface area (Å²) in [7, 11) is 0. The third-order valence-electron chi connectivity index (χ3n) is 4.09. The molecule has 0 heterocycles. The van der Waals surface area contributed by atoms with Gasteiger partial charge in [0.15, 0.2) is 5.78 Å². The quantitative estimate of drug-likeness (QED) is 0.494. The number of carbonyl (C=O) groups is 1. The number of nitrogens with zero attached hydrogens (tertiary/aromatic N) is 1. The number of hydrogen-bond donors (Lipinski definition) is 2. The highest BCUT2D eigenvalue weighted by Crippen LogP contribution is 2.31. The summed E-state index contributed by atoms with van der Waals surface area (Å²) in [5, 5.41) is 23.8. The first kappa shape index (κ1) is 15.4. The summed E-state index contributed by atoms with van der Waals surface area (Å²) in [6.07, 6.45) is 3.94. The molecule has 6 heteroatoms. The molecule has 1 aliphatic rings. The Morgan fingerprint density at radius 2 is 2.14 bits per heavy atom. The Kier molecular flexibility index (Phi) is 4.90. The Labute approximate surface area is 123 Å². The van der Waals surface area contributed by atoms with E-state index in [4.69, 9.17) is 0 Å². The summed E-state index contributed by atoms with van der Waals surface area (Å²) in [6, 6.07) is 4.51. The van der Waals surface area contributed by atoms with Crippen LogP contribution in [0.25, 0.3) is 0 Å². The molecule has 1 saturated carbocycles. The SMILES string of the molecule is CC(=O)c1ccc(N[C@@H]2CCCC[C@@H]2CO)c([N+](=O)[O-])c1. The number of aliphatic hydroxyl groups excluding tert-OH is 1. The molecule has 0 aromatic heterocycles. The second-order valence-corrected chi connectivity index (χ2v) is 5.52. The first-order chi connectivity index (χ1) is 10.0. The molecule has 2 rings (SSSR count). The fourth-order valence-corrected chi connectivity index (χ4v) is 2.84. The summed E-state index contributed by atoms with van der Waals surface area (Å²) < 4.78 is 0. The molecule has 2 atom stereocenters. The zero-order chi connectivity index (χ0) is 15.4. The van der Waals surface area contributed by atoms with Crippen LogP contribution in [-0.2, 0) is 0 Å². The van der Waals surface area contributed by atoms with Gasteiger partial charge in [-0.3, -0.25) is 14.9 Å². The van der Waals surface area contributed by atoms with Crippen molar-refractivity contribution in [2.45, 2.75) is 38.6 Å². The van der Waals surface area contributed by atoms with Crippen LogP contribution in [0.5, 0.6) is 0 Å². The summed E-state index contributed by atoms with van der Waals surface area (Å²) in [6.45, 7) is 1.46. The third-order valence-corrected chi connectivity index (χ3v) is 4.09. The molecule has 0 aliphatic heterocycles. The standard InChI is InChI=1S/C15H20N2O4/c1-10(19)11-6-7-14(15(8-11)17(20)21)16-13-5-3-2-4-12(13)9-18/h6-8,12-13,16,18H,2-5,9H2,1H3/t12-,13-/m1/s1. The largest absolute Gasteiger partial charge is 0.396 e. The fraction of sp³-hybridized carbons (Fsp3) is 0.533. The molecule has 1 aliphatic carbocycles. The molecule has 2 N–H and O–H groups in total. The van der Waals surface area contributed by atoms with Crippen LogP contribution in [0.3, 0.4) is 0 Å². The Morgan fingerprint density at radius 1 is 1.43 bits per heavy atom. The Morgan fingerprint density at radius 3 is 2.76 bits per heavy atom. The number of ketones is 1. The molecule has 0 radical (unpaired) electrons. The number of benzene rings is 1. The van der Waals surface area contributed by atoms with Gasteiger partial charge in [-0.2, -0.15) is 0 Å². The van der Waals surface area contributed by atoms with E-state index >= 15 is 0 Å². The van der Waals surface area contributed by atoms with Gasteiger partial charge in [0.2, 0.25) is 0 Å². The zero-order valence-corrected chi connectivity index (χ0v) is 12.0. The van der Waals surface area contributed by atoms with E-state index in [0.29, 0.717) is 11.3 Å². The number of hydrogen-bond acceptors (Lipinski definition) is 5. The normalized spacial score (nSPS) is 21.8. The highest BCUT2D eigenvalue weighted by Gasteiger charge is 2.26. The zero-order valence-electron chi connectivity index (χ0n) is 12.0. The molecule has 1 fully saturated rings. The predicted molar refractivity (Wildman–Crippen MR) is 79.6 cm³/mol. The Hall–Kier alpha value is -1.95. The Bertz CT molecular complexity index is 544. The van der Waals surface area contributed by atoms with E-state index in [0.717, 1.165) is 25.7 Å². The number of carbonyl (C=O) groups excluding carboxylic acids is 1. The van der Waals surface area contributed by atoms with Crippen LogP contribution >= 0.6 is 0 Å². The lowest BCUT2D eigenvalue weighted by Crippen LogP contribution is -2.34. The highest BCUT2D eigenvalue weighted by atomic mass is 16.6. The topological polar surface area (TPSA) is 92.5 Å². The van der Waals surface area contributed by atoms with Crippen molar-refractivity contribution in [3.63, 3.8) is 0 Å². The molecule has 1 aromatic rings. The van der Waals surface area contributed by atoms with Gasteiger partial charge in [-0.15, -0.1) is 0 Å². The Balaban J connectivity index is 2.26. The lowest BCUT2D eigenvalue weighted by Gasteiger charge is -2.31. The van der Waals surface area contributed by atoms with Gasteiger partial charge in [-0.05, 0) is 31.9 Å². The van der Waals surface area contributed by atoms with Crippen LogP contribution < -0.4 is 5.32 Å². The fourth-order valence-electron chi connectivity index (χ4n) is 2.84. The number of anilines is 1. The molecule has 6 nitrogen and oxygen atoms in total. The molecular formula is C15H20N2O4.